The van der Waals surface area contributed by atoms with Gasteiger partial charge in [-0.05, 0) is 46.1 Å². The summed E-state index contributed by atoms with van der Waals surface area (Å²) in [6, 6.07) is -0.177. The number of hydrogen-bond donors (Lipinski definition) is 1. The van der Waals surface area contributed by atoms with Crippen LogP contribution >= 0.6 is 0 Å². The van der Waals surface area contributed by atoms with Crippen LogP contribution in [0.2, 0.25) is 0 Å². The molecule has 0 aromatic heterocycles. The Bertz CT molecular complexity index is 313. The third-order valence-electron chi connectivity index (χ3n) is 1.99. The van der Waals surface area contributed by atoms with Crippen molar-refractivity contribution in [2.45, 2.75) is 59.6 Å². The minimum Gasteiger partial charge on any atom is -0.444 e. The Morgan fingerprint density at radius 2 is 1.83 bits per heavy atom. The zero-order valence-electron chi connectivity index (χ0n) is 12.2. The summed E-state index contributed by atoms with van der Waals surface area (Å²) in [4.78, 5) is 22.6. The Hall–Kier alpha value is -1.32. The van der Waals surface area contributed by atoms with E-state index in [-0.39, 0.29) is 11.8 Å². The molecule has 1 N–H and O–H groups in total. The van der Waals surface area contributed by atoms with Crippen LogP contribution in [-0.2, 0) is 9.53 Å². The highest BCUT2D eigenvalue weighted by molar-refractivity contribution is 5.87. The molecular formula is C14H25NO3. The van der Waals surface area contributed by atoms with Crippen molar-refractivity contribution < 1.29 is 14.3 Å². The summed E-state index contributed by atoms with van der Waals surface area (Å²) in [5, 5.41) is 2.76. The zero-order chi connectivity index (χ0) is 14.3. The normalized spacial score (nSPS) is 13.7. The minimum absolute atomic E-state index is 0.0326. The molecule has 4 nitrogen and oxygen atoms in total. The number of ether oxygens (including phenoxy) is 1. The summed E-state index contributed by atoms with van der Waals surface area (Å²) in [5.74, 6) is 0.385. The van der Waals surface area contributed by atoms with E-state index in [4.69, 9.17) is 4.74 Å². The molecule has 0 bridgehead atoms. The van der Waals surface area contributed by atoms with Crippen molar-refractivity contribution in [3.8, 4) is 0 Å². The number of amides is 1. The predicted molar refractivity (Wildman–Crippen MR) is 72.4 cm³/mol. The predicted octanol–water partition coefficient (Wildman–Crippen LogP) is 3.07. The topological polar surface area (TPSA) is 55.4 Å². The third kappa shape index (κ3) is 9.87. The SMILES string of the molecule is CC(=O)/C=C/C(CC(C)C)NC(=O)OC(C)(C)C. The molecule has 1 unspecified atom stereocenters. The Kier molecular flexibility index (Phi) is 6.66. The zero-order valence-corrected chi connectivity index (χ0v) is 12.2. The molecule has 4 heteroatoms. The Morgan fingerprint density at radius 3 is 2.22 bits per heavy atom. The second-order valence-electron chi connectivity index (χ2n) is 5.85. The Morgan fingerprint density at radius 1 is 1.28 bits per heavy atom. The van der Waals surface area contributed by atoms with Gasteiger partial charge in [-0.2, -0.15) is 0 Å². The van der Waals surface area contributed by atoms with Crippen molar-refractivity contribution in [1.29, 1.82) is 0 Å². The van der Waals surface area contributed by atoms with Gasteiger partial charge in [0.1, 0.15) is 5.60 Å². The lowest BCUT2D eigenvalue weighted by molar-refractivity contribution is -0.112. The number of hydrogen-bond acceptors (Lipinski definition) is 3. The summed E-state index contributed by atoms with van der Waals surface area (Å²) in [6.07, 6.45) is 3.50. The monoisotopic (exact) mass is 255 g/mol. The number of nitrogens with one attached hydrogen (secondary N) is 1. The maximum absolute atomic E-state index is 11.6. The van der Waals surface area contributed by atoms with Gasteiger partial charge in [-0.15, -0.1) is 0 Å². The van der Waals surface area contributed by atoms with E-state index < -0.39 is 11.7 Å². The van der Waals surface area contributed by atoms with E-state index in [9.17, 15) is 9.59 Å². The molecule has 0 aromatic carbocycles. The van der Waals surface area contributed by atoms with Crippen LogP contribution in [0, 0.1) is 5.92 Å². The lowest BCUT2D eigenvalue weighted by Gasteiger charge is -2.23. The van der Waals surface area contributed by atoms with Gasteiger partial charge in [0.05, 0.1) is 6.04 Å². The van der Waals surface area contributed by atoms with E-state index >= 15 is 0 Å². The van der Waals surface area contributed by atoms with Crippen molar-refractivity contribution in [1.82, 2.24) is 5.32 Å². The molecule has 104 valence electrons. The van der Waals surface area contributed by atoms with Crippen molar-refractivity contribution in [3.63, 3.8) is 0 Å². The van der Waals surface area contributed by atoms with Gasteiger partial charge in [0.25, 0.3) is 0 Å². The van der Waals surface area contributed by atoms with Crippen LogP contribution in [0.25, 0.3) is 0 Å². The Labute approximate surface area is 110 Å². The quantitative estimate of drug-likeness (QED) is 0.768. The maximum atomic E-state index is 11.6. The minimum atomic E-state index is -0.517. The molecule has 0 rings (SSSR count). The van der Waals surface area contributed by atoms with Crippen LogP contribution in [0.4, 0.5) is 4.79 Å². The smallest absolute Gasteiger partial charge is 0.408 e. The first-order valence-corrected chi connectivity index (χ1v) is 6.28. The second-order valence-corrected chi connectivity index (χ2v) is 5.85. The number of ketones is 1. The van der Waals surface area contributed by atoms with Gasteiger partial charge in [-0.3, -0.25) is 4.79 Å². The highest BCUT2D eigenvalue weighted by Gasteiger charge is 2.18. The molecule has 0 aliphatic rings. The van der Waals surface area contributed by atoms with Crippen LogP contribution in [0.5, 0.6) is 0 Å². The van der Waals surface area contributed by atoms with E-state index in [1.54, 1.807) is 6.08 Å². The summed E-state index contributed by atoms with van der Waals surface area (Å²) in [6.45, 7) is 11.0. The molecule has 0 spiro atoms. The molecule has 0 saturated heterocycles. The average Bonchev–Trinajstić information content (AvgIpc) is 2.09. The summed E-state index contributed by atoms with van der Waals surface area (Å²) >= 11 is 0. The fourth-order valence-electron chi connectivity index (χ4n) is 1.40. The molecule has 0 radical (unpaired) electrons. The van der Waals surface area contributed by atoms with Gasteiger partial charge in [0.15, 0.2) is 5.78 Å². The van der Waals surface area contributed by atoms with E-state index in [1.165, 1.54) is 13.0 Å². The fourth-order valence-corrected chi connectivity index (χ4v) is 1.40. The van der Waals surface area contributed by atoms with E-state index in [1.807, 2.05) is 20.8 Å². The summed E-state index contributed by atoms with van der Waals surface area (Å²) in [5.41, 5.74) is -0.517. The molecule has 18 heavy (non-hydrogen) atoms. The first kappa shape index (κ1) is 16.7. The molecule has 1 amide bonds. The third-order valence-corrected chi connectivity index (χ3v) is 1.99. The van der Waals surface area contributed by atoms with E-state index in [0.717, 1.165) is 6.42 Å². The number of rotatable bonds is 5. The molecule has 0 fully saturated rings. The number of alkyl carbamates (subject to hydrolysis) is 1. The van der Waals surface area contributed by atoms with E-state index in [0.29, 0.717) is 5.92 Å². The van der Waals surface area contributed by atoms with Crippen LogP contribution in [0.15, 0.2) is 12.2 Å². The molecule has 1 atom stereocenters. The average molecular weight is 255 g/mol. The van der Waals surface area contributed by atoms with Crippen molar-refractivity contribution >= 4 is 11.9 Å². The second kappa shape index (κ2) is 7.19. The lowest BCUT2D eigenvalue weighted by atomic mass is 10.0. The Balaban J connectivity index is 4.49. The largest absolute Gasteiger partial charge is 0.444 e. The molecule has 0 saturated carbocycles. The summed E-state index contributed by atoms with van der Waals surface area (Å²) in [7, 11) is 0. The molecule has 0 aromatic rings. The van der Waals surface area contributed by atoms with Crippen LogP contribution in [-0.4, -0.2) is 23.5 Å². The van der Waals surface area contributed by atoms with Crippen molar-refractivity contribution in [3.05, 3.63) is 12.2 Å². The van der Waals surface area contributed by atoms with Gasteiger partial charge in [0.2, 0.25) is 0 Å². The van der Waals surface area contributed by atoms with Crippen LogP contribution < -0.4 is 5.32 Å². The highest BCUT2D eigenvalue weighted by atomic mass is 16.6. The van der Waals surface area contributed by atoms with Gasteiger partial charge >= 0.3 is 6.09 Å². The van der Waals surface area contributed by atoms with Gasteiger partial charge in [0, 0.05) is 0 Å². The van der Waals surface area contributed by atoms with Gasteiger partial charge < -0.3 is 10.1 Å². The first-order valence-electron chi connectivity index (χ1n) is 6.28. The number of carbonyl (C=O) groups excluding carboxylic acids is 2. The van der Waals surface area contributed by atoms with Gasteiger partial charge in [-0.25, -0.2) is 4.79 Å². The van der Waals surface area contributed by atoms with Crippen LogP contribution in [0.3, 0.4) is 0 Å². The molecular weight excluding hydrogens is 230 g/mol. The fraction of sp³-hybridized carbons (Fsp3) is 0.714. The molecule has 0 aliphatic heterocycles. The van der Waals surface area contributed by atoms with Crippen molar-refractivity contribution in [2.75, 3.05) is 0 Å². The van der Waals surface area contributed by atoms with Gasteiger partial charge in [-0.1, -0.05) is 19.9 Å². The van der Waals surface area contributed by atoms with E-state index in [2.05, 4.69) is 19.2 Å². The molecule has 0 heterocycles. The van der Waals surface area contributed by atoms with Crippen molar-refractivity contribution in [2.24, 2.45) is 5.92 Å². The first-order chi connectivity index (χ1) is 8.10. The lowest BCUT2D eigenvalue weighted by Crippen LogP contribution is -2.38. The molecule has 0 aliphatic carbocycles. The standard InChI is InChI=1S/C14H25NO3/c1-10(2)9-12(8-7-11(3)16)15-13(17)18-14(4,5)6/h7-8,10,12H,9H2,1-6H3,(H,15,17)/b8-7+. The van der Waals surface area contributed by atoms with Crippen LogP contribution in [0.1, 0.15) is 48.0 Å². The highest BCUT2D eigenvalue weighted by Crippen LogP contribution is 2.10. The number of allylic oxidation sites excluding steroid dienone is 1. The maximum Gasteiger partial charge on any atom is 0.408 e. The number of carbonyl (C=O) groups is 2. The summed E-state index contributed by atoms with van der Waals surface area (Å²) < 4.78 is 5.19.